The van der Waals surface area contributed by atoms with Gasteiger partial charge >= 0.3 is 0 Å². The summed E-state index contributed by atoms with van der Waals surface area (Å²) in [6, 6.07) is -0.107. The predicted molar refractivity (Wildman–Crippen MR) is 43.3 cm³/mol. The summed E-state index contributed by atoms with van der Waals surface area (Å²) in [6.07, 6.45) is 1.66. The third-order valence-electron chi connectivity index (χ3n) is 1.54. The Kier molecular flexibility index (Phi) is 3.99. The molecule has 0 amide bonds. The van der Waals surface area contributed by atoms with E-state index in [0.29, 0.717) is 6.42 Å². The van der Waals surface area contributed by atoms with Gasteiger partial charge in [0.05, 0.1) is 5.75 Å². The molecule has 0 saturated carbocycles. The van der Waals surface area contributed by atoms with Gasteiger partial charge in [-0.05, 0) is 13.3 Å². The van der Waals surface area contributed by atoms with E-state index in [4.69, 9.17) is 5.21 Å². The van der Waals surface area contributed by atoms with Crippen molar-refractivity contribution >= 4 is 9.84 Å². The molecule has 1 N–H and O–H groups in total. The maximum absolute atomic E-state index is 10.7. The Morgan fingerprint density at radius 3 is 2.27 bits per heavy atom. The Hall–Kier alpha value is -0.130. The average Bonchev–Trinajstić information content (AvgIpc) is 1.80. The monoisotopic (exact) mass is 181 g/mol. The smallest absolute Gasteiger partial charge is 0.147 e. The zero-order valence-electron chi connectivity index (χ0n) is 7.11. The molecular weight excluding hydrogens is 166 g/mol. The second-order valence-electron chi connectivity index (χ2n) is 2.84. The van der Waals surface area contributed by atoms with Gasteiger partial charge in [0.25, 0.3) is 0 Å². The third kappa shape index (κ3) is 6.28. The molecule has 4 nitrogen and oxygen atoms in total. The van der Waals surface area contributed by atoms with E-state index in [2.05, 4.69) is 0 Å². The molecule has 0 bridgehead atoms. The Bertz CT molecular complexity index is 198. The number of sulfone groups is 1. The number of rotatable bonds is 4. The van der Waals surface area contributed by atoms with Crippen LogP contribution in [0.3, 0.4) is 0 Å². The minimum atomic E-state index is -2.89. The van der Waals surface area contributed by atoms with Crippen LogP contribution in [0.1, 0.15) is 13.3 Å². The summed E-state index contributed by atoms with van der Waals surface area (Å²) < 4.78 is 21.3. The predicted octanol–water partition coefficient (Wildman–Crippen LogP) is 0.131. The lowest BCUT2D eigenvalue weighted by molar-refractivity contribution is -0.0971. The fraction of sp³-hybridized carbons (Fsp3) is 1.00. The first-order valence-corrected chi connectivity index (χ1v) is 5.48. The van der Waals surface area contributed by atoms with Crippen molar-refractivity contribution in [3.05, 3.63) is 0 Å². The maximum Gasteiger partial charge on any atom is 0.147 e. The number of hydroxylamine groups is 2. The van der Waals surface area contributed by atoms with Crippen LogP contribution in [-0.4, -0.2) is 43.8 Å². The number of nitrogens with zero attached hydrogens (tertiary/aromatic N) is 1. The van der Waals surface area contributed by atoms with E-state index >= 15 is 0 Å². The van der Waals surface area contributed by atoms with Gasteiger partial charge in [-0.2, -0.15) is 5.06 Å². The molecule has 1 unspecified atom stereocenters. The van der Waals surface area contributed by atoms with Crippen molar-refractivity contribution < 1.29 is 13.6 Å². The molecule has 0 fully saturated rings. The quantitative estimate of drug-likeness (QED) is 0.626. The summed E-state index contributed by atoms with van der Waals surface area (Å²) in [7, 11) is -1.38. The van der Waals surface area contributed by atoms with Crippen LogP contribution in [-0.2, 0) is 9.84 Å². The highest BCUT2D eigenvalue weighted by molar-refractivity contribution is 7.90. The van der Waals surface area contributed by atoms with Gasteiger partial charge in [-0.15, -0.1) is 0 Å². The minimum Gasteiger partial charge on any atom is -0.314 e. The summed E-state index contributed by atoms with van der Waals surface area (Å²) in [6.45, 7) is 1.77. The van der Waals surface area contributed by atoms with Gasteiger partial charge < -0.3 is 5.21 Å². The van der Waals surface area contributed by atoms with E-state index in [1.54, 1.807) is 6.92 Å². The molecule has 0 radical (unpaired) electrons. The lowest BCUT2D eigenvalue weighted by Gasteiger charge is -2.16. The molecule has 0 spiro atoms. The van der Waals surface area contributed by atoms with Crippen LogP contribution in [0.15, 0.2) is 0 Å². The van der Waals surface area contributed by atoms with E-state index in [1.165, 1.54) is 13.3 Å². The van der Waals surface area contributed by atoms with Crippen LogP contribution in [0.4, 0.5) is 0 Å². The van der Waals surface area contributed by atoms with Crippen LogP contribution >= 0.6 is 0 Å². The van der Waals surface area contributed by atoms with Gasteiger partial charge in [0.15, 0.2) is 0 Å². The normalized spacial score (nSPS) is 15.4. The molecule has 0 aromatic rings. The summed E-state index contributed by atoms with van der Waals surface area (Å²) >= 11 is 0. The van der Waals surface area contributed by atoms with Crippen LogP contribution in [0.5, 0.6) is 0 Å². The van der Waals surface area contributed by atoms with Gasteiger partial charge in [-0.3, -0.25) is 0 Å². The molecular formula is C6H15NO3S. The minimum absolute atomic E-state index is 0.107. The Morgan fingerprint density at radius 1 is 1.55 bits per heavy atom. The van der Waals surface area contributed by atoms with Crippen molar-refractivity contribution in [2.24, 2.45) is 0 Å². The molecule has 1 atom stereocenters. The second-order valence-corrected chi connectivity index (χ2v) is 5.10. The van der Waals surface area contributed by atoms with Crippen molar-refractivity contribution in [3.63, 3.8) is 0 Å². The fourth-order valence-electron chi connectivity index (χ4n) is 0.571. The Balaban J connectivity index is 3.72. The first-order valence-electron chi connectivity index (χ1n) is 3.42. The summed E-state index contributed by atoms with van der Waals surface area (Å²) in [5.41, 5.74) is 0. The van der Waals surface area contributed by atoms with Crippen LogP contribution in [0.2, 0.25) is 0 Å². The van der Waals surface area contributed by atoms with Crippen molar-refractivity contribution in [3.8, 4) is 0 Å². The van der Waals surface area contributed by atoms with Crippen LogP contribution < -0.4 is 0 Å². The first kappa shape index (κ1) is 10.9. The summed E-state index contributed by atoms with van der Waals surface area (Å²) in [4.78, 5) is 0. The van der Waals surface area contributed by atoms with Crippen LogP contribution in [0, 0.1) is 0 Å². The highest BCUT2D eigenvalue weighted by Crippen LogP contribution is 1.99. The molecule has 0 aliphatic rings. The summed E-state index contributed by atoms with van der Waals surface area (Å²) in [5, 5.41) is 9.88. The lowest BCUT2D eigenvalue weighted by atomic mass is 10.3. The highest BCUT2D eigenvalue weighted by Gasteiger charge is 2.09. The van der Waals surface area contributed by atoms with Crippen molar-refractivity contribution in [1.82, 2.24) is 5.06 Å². The average molecular weight is 181 g/mol. The Morgan fingerprint density at radius 2 is 2.00 bits per heavy atom. The van der Waals surface area contributed by atoms with E-state index in [9.17, 15) is 8.42 Å². The second kappa shape index (κ2) is 4.04. The molecule has 68 valence electrons. The molecule has 0 aliphatic carbocycles. The topological polar surface area (TPSA) is 57.6 Å². The van der Waals surface area contributed by atoms with Gasteiger partial charge in [0, 0.05) is 19.3 Å². The largest absolute Gasteiger partial charge is 0.314 e. The van der Waals surface area contributed by atoms with Gasteiger partial charge in [0.1, 0.15) is 9.84 Å². The number of hydrogen-bond acceptors (Lipinski definition) is 4. The molecule has 0 heterocycles. The van der Waals surface area contributed by atoms with Gasteiger partial charge in [-0.25, -0.2) is 8.42 Å². The summed E-state index contributed by atoms with van der Waals surface area (Å²) in [5.74, 6) is 0.124. The molecule has 0 aromatic heterocycles. The van der Waals surface area contributed by atoms with Gasteiger partial charge in [0.2, 0.25) is 0 Å². The maximum atomic E-state index is 10.7. The van der Waals surface area contributed by atoms with E-state index in [0.717, 1.165) is 5.06 Å². The SMILES string of the molecule is CC(CCS(C)(=O)=O)N(C)O. The van der Waals surface area contributed by atoms with Crippen molar-refractivity contribution in [1.29, 1.82) is 0 Å². The lowest BCUT2D eigenvalue weighted by Crippen LogP contribution is -2.27. The molecule has 5 heteroatoms. The van der Waals surface area contributed by atoms with Gasteiger partial charge in [-0.1, -0.05) is 0 Å². The van der Waals surface area contributed by atoms with E-state index in [-0.39, 0.29) is 11.8 Å². The highest BCUT2D eigenvalue weighted by atomic mass is 32.2. The van der Waals surface area contributed by atoms with Crippen molar-refractivity contribution in [2.75, 3.05) is 19.1 Å². The van der Waals surface area contributed by atoms with E-state index in [1.807, 2.05) is 0 Å². The molecule has 0 saturated heterocycles. The molecule has 0 aromatic carbocycles. The number of hydrogen-bond donors (Lipinski definition) is 1. The third-order valence-corrected chi connectivity index (χ3v) is 2.52. The zero-order valence-corrected chi connectivity index (χ0v) is 7.93. The van der Waals surface area contributed by atoms with Crippen LogP contribution in [0.25, 0.3) is 0 Å². The molecule has 0 rings (SSSR count). The Labute approximate surface area is 67.7 Å². The van der Waals surface area contributed by atoms with Crippen molar-refractivity contribution in [2.45, 2.75) is 19.4 Å². The fourth-order valence-corrected chi connectivity index (χ4v) is 1.34. The standard InChI is InChI=1S/C6H15NO3S/c1-6(7(2)8)4-5-11(3,9)10/h6,8H,4-5H2,1-3H3. The molecule has 0 aliphatic heterocycles. The zero-order chi connectivity index (χ0) is 9.07. The first-order chi connectivity index (χ1) is 4.83. The van der Waals surface area contributed by atoms with E-state index < -0.39 is 9.84 Å². The molecule has 11 heavy (non-hydrogen) atoms.